The largest absolute Gasteiger partial charge is 0.416 e. The molecule has 0 aromatic heterocycles. The summed E-state index contributed by atoms with van der Waals surface area (Å²) in [5.41, 5.74) is 4.70. The Morgan fingerprint density at radius 3 is 2.33 bits per heavy atom. The first-order valence-corrected chi connectivity index (χ1v) is 6.34. The third kappa shape index (κ3) is 6.64. The first-order chi connectivity index (χ1) is 9.79. The fourth-order valence-electron chi connectivity index (χ4n) is 1.56. The number of unbranched alkanes of at least 4 members (excludes halogenated alkanes) is 1. The highest BCUT2D eigenvalue weighted by Gasteiger charge is 2.29. The average Bonchev–Trinajstić information content (AvgIpc) is 2.37. The van der Waals surface area contributed by atoms with E-state index in [2.05, 4.69) is 10.6 Å². The minimum absolute atomic E-state index is 0.101. The highest BCUT2D eigenvalue weighted by atomic mass is 19.4. The predicted octanol–water partition coefficient (Wildman–Crippen LogP) is 2.93. The molecular weight excluding hydrogens is 285 g/mol. The lowest BCUT2D eigenvalue weighted by atomic mass is 10.2. The summed E-state index contributed by atoms with van der Waals surface area (Å²) < 4.78 is 37.1. The van der Waals surface area contributed by atoms with Crippen LogP contribution in [0.2, 0.25) is 0 Å². The summed E-state index contributed by atoms with van der Waals surface area (Å²) in [6, 6.07) is 3.71. The van der Waals surface area contributed by atoms with E-state index < -0.39 is 17.8 Å². The van der Waals surface area contributed by atoms with Gasteiger partial charge in [0, 0.05) is 18.7 Å². The molecule has 1 aromatic carbocycles. The maximum Gasteiger partial charge on any atom is 0.416 e. The molecule has 0 aliphatic heterocycles. The molecule has 1 rings (SSSR count). The van der Waals surface area contributed by atoms with Gasteiger partial charge in [0.2, 0.25) is 0 Å². The molecule has 0 unspecified atom stereocenters. The van der Waals surface area contributed by atoms with Gasteiger partial charge in [-0.05, 0) is 37.1 Å². The molecule has 5 nitrogen and oxygen atoms in total. The zero-order valence-corrected chi connectivity index (χ0v) is 11.3. The third-order valence-corrected chi connectivity index (χ3v) is 2.63. The second kappa shape index (κ2) is 7.51. The molecule has 8 heteroatoms. The van der Waals surface area contributed by atoms with Gasteiger partial charge < -0.3 is 16.4 Å². The van der Waals surface area contributed by atoms with Gasteiger partial charge >= 0.3 is 12.2 Å². The Hall–Kier alpha value is -2.25. The molecular formula is C13H17F3N4O. The smallest absolute Gasteiger partial charge is 0.388 e. The van der Waals surface area contributed by atoms with Gasteiger partial charge in [-0.3, -0.25) is 5.41 Å². The van der Waals surface area contributed by atoms with E-state index in [0.29, 0.717) is 25.8 Å². The van der Waals surface area contributed by atoms with Crippen molar-refractivity contribution in [1.29, 1.82) is 5.41 Å². The first-order valence-electron chi connectivity index (χ1n) is 6.34. The molecule has 116 valence electrons. The zero-order valence-electron chi connectivity index (χ0n) is 11.3. The van der Waals surface area contributed by atoms with E-state index in [0.717, 1.165) is 12.1 Å². The second-order valence-corrected chi connectivity index (χ2v) is 4.44. The van der Waals surface area contributed by atoms with Crippen LogP contribution in [-0.4, -0.2) is 18.4 Å². The lowest BCUT2D eigenvalue weighted by Crippen LogP contribution is -2.29. The topological polar surface area (TPSA) is 91.0 Å². The van der Waals surface area contributed by atoms with E-state index >= 15 is 0 Å². The molecule has 21 heavy (non-hydrogen) atoms. The summed E-state index contributed by atoms with van der Waals surface area (Å²) in [5.74, 6) is 0.101. The van der Waals surface area contributed by atoms with Crippen molar-refractivity contribution in [3.8, 4) is 0 Å². The number of urea groups is 1. The van der Waals surface area contributed by atoms with Crippen molar-refractivity contribution < 1.29 is 18.0 Å². The number of anilines is 1. The molecule has 0 spiro atoms. The van der Waals surface area contributed by atoms with Crippen molar-refractivity contribution in [2.75, 3.05) is 11.9 Å². The van der Waals surface area contributed by atoms with Crippen LogP contribution in [-0.2, 0) is 6.18 Å². The lowest BCUT2D eigenvalue weighted by Gasteiger charge is -2.09. The standard InChI is InChI=1S/C13H17F3N4O/c14-13(15,16)9-4-6-10(7-5-9)20-12(21)19-8-2-1-3-11(17)18/h4-7H,1-3,8H2,(H3,17,18)(H2,19,20,21). The van der Waals surface area contributed by atoms with Crippen LogP contribution in [0.5, 0.6) is 0 Å². The number of benzene rings is 1. The van der Waals surface area contributed by atoms with Gasteiger partial charge in [0.15, 0.2) is 0 Å². The van der Waals surface area contributed by atoms with E-state index in [4.69, 9.17) is 11.1 Å². The van der Waals surface area contributed by atoms with E-state index in [1.54, 1.807) is 0 Å². The van der Waals surface area contributed by atoms with Gasteiger partial charge in [0.1, 0.15) is 0 Å². The molecule has 5 N–H and O–H groups in total. The summed E-state index contributed by atoms with van der Waals surface area (Å²) in [5, 5.41) is 12.0. The Morgan fingerprint density at radius 1 is 1.19 bits per heavy atom. The normalized spacial score (nSPS) is 11.0. The molecule has 0 saturated heterocycles. The van der Waals surface area contributed by atoms with Crippen LogP contribution in [0.1, 0.15) is 24.8 Å². The fourth-order valence-corrected chi connectivity index (χ4v) is 1.56. The fraction of sp³-hybridized carbons (Fsp3) is 0.385. The summed E-state index contributed by atoms with van der Waals surface area (Å²) in [4.78, 5) is 11.5. The number of amides is 2. The monoisotopic (exact) mass is 302 g/mol. The lowest BCUT2D eigenvalue weighted by molar-refractivity contribution is -0.137. The zero-order chi connectivity index (χ0) is 15.9. The molecule has 0 heterocycles. The SMILES string of the molecule is N=C(N)CCCCNC(=O)Nc1ccc(C(F)(F)F)cc1. The van der Waals surface area contributed by atoms with Crippen LogP contribution in [0.25, 0.3) is 0 Å². The molecule has 0 fully saturated rings. The minimum Gasteiger partial charge on any atom is -0.388 e. The first kappa shape index (κ1) is 16.8. The van der Waals surface area contributed by atoms with Crippen LogP contribution in [0.4, 0.5) is 23.7 Å². The Labute approximate surface area is 120 Å². The Kier molecular flexibility index (Phi) is 6.01. The predicted molar refractivity (Wildman–Crippen MR) is 74.2 cm³/mol. The highest BCUT2D eigenvalue weighted by Crippen LogP contribution is 2.29. The summed E-state index contributed by atoms with van der Waals surface area (Å²) >= 11 is 0. The van der Waals surface area contributed by atoms with Crippen LogP contribution >= 0.6 is 0 Å². The maximum absolute atomic E-state index is 12.4. The van der Waals surface area contributed by atoms with E-state index in [9.17, 15) is 18.0 Å². The molecule has 0 saturated carbocycles. The molecule has 0 atom stereocenters. The van der Waals surface area contributed by atoms with Gasteiger partial charge in [-0.15, -0.1) is 0 Å². The number of hydrogen-bond donors (Lipinski definition) is 4. The quantitative estimate of drug-likeness (QED) is 0.369. The van der Waals surface area contributed by atoms with Crippen LogP contribution in [0.3, 0.4) is 0 Å². The molecule has 1 aromatic rings. The number of nitrogens with one attached hydrogen (secondary N) is 3. The second-order valence-electron chi connectivity index (χ2n) is 4.44. The number of amidine groups is 1. The number of nitrogens with two attached hydrogens (primary N) is 1. The Morgan fingerprint density at radius 2 is 1.81 bits per heavy atom. The highest BCUT2D eigenvalue weighted by molar-refractivity contribution is 5.89. The third-order valence-electron chi connectivity index (χ3n) is 2.63. The van der Waals surface area contributed by atoms with Gasteiger partial charge in [-0.25, -0.2) is 4.79 Å². The summed E-state index contributed by atoms with van der Waals surface area (Å²) in [7, 11) is 0. The van der Waals surface area contributed by atoms with Crippen LogP contribution in [0, 0.1) is 5.41 Å². The van der Waals surface area contributed by atoms with Crippen LogP contribution in [0.15, 0.2) is 24.3 Å². The summed E-state index contributed by atoms with van der Waals surface area (Å²) in [6.45, 7) is 0.403. The Balaban J connectivity index is 2.33. The number of alkyl halides is 3. The van der Waals surface area contributed by atoms with E-state index in [1.165, 1.54) is 12.1 Å². The average molecular weight is 302 g/mol. The summed E-state index contributed by atoms with van der Waals surface area (Å²) in [6.07, 6.45) is -2.56. The number of carbonyl (C=O) groups excluding carboxylic acids is 1. The molecule has 0 aliphatic carbocycles. The number of hydrogen-bond acceptors (Lipinski definition) is 2. The number of halogens is 3. The van der Waals surface area contributed by atoms with Crippen molar-refractivity contribution in [3.63, 3.8) is 0 Å². The molecule has 0 radical (unpaired) electrons. The van der Waals surface area contributed by atoms with Crippen molar-refractivity contribution >= 4 is 17.6 Å². The van der Waals surface area contributed by atoms with Crippen molar-refractivity contribution in [2.24, 2.45) is 5.73 Å². The van der Waals surface area contributed by atoms with Crippen molar-refractivity contribution in [3.05, 3.63) is 29.8 Å². The van der Waals surface area contributed by atoms with Crippen LogP contribution < -0.4 is 16.4 Å². The molecule has 0 aliphatic rings. The van der Waals surface area contributed by atoms with Crippen molar-refractivity contribution in [2.45, 2.75) is 25.4 Å². The molecule has 0 bridgehead atoms. The van der Waals surface area contributed by atoms with Gasteiger partial charge in [-0.1, -0.05) is 0 Å². The van der Waals surface area contributed by atoms with Gasteiger partial charge in [0.25, 0.3) is 0 Å². The maximum atomic E-state index is 12.4. The molecule has 2 amide bonds. The van der Waals surface area contributed by atoms with Gasteiger partial charge in [0.05, 0.1) is 11.4 Å². The minimum atomic E-state index is -4.39. The van der Waals surface area contributed by atoms with Gasteiger partial charge in [-0.2, -0.15) is 13.2 Å². The Bertz CT molecular complexity index is 485. The van der Waals surface area contributed by atoms with E-state index in [1.807, 2.05) is 0 Å². The number of carbonyl (C=O) groups is 1. The van der Waals surface area contributed by atoms with E-state index in [-0.39, 0.29) is 11.5 Å². The number of rotatable bonds is 6. The van der Waals surface area contributed by atoms with Crippen molar-refractivity contribution in [1.82, 2.24) is 5.32 Å².